The molecule has 0 aliphatic carbocycles. The van der Waals surface area contributed by atoms with Gasteiger partial charge in [-0.3, -0.25) is 4.79 Å². The highest BCUT2D eigenvalue weighted by Crippen LogP contribution is 2.28. The average molecular weight is 549 g/mol. The molecule has 1 aromatic heterocycles. The summed E-state index contributed by atoms with van der Waals surface area (Å²) in [6.07, 6.45) is 1.44. The zero-order valence-corrected chi connectivity index (χ0v) is 23.1. The van der Waals surface area contributed by atoms with Crippen molar-refractivity contribution < 1.29 is 17.9 Å². The number of hydrogen-bond acceptors (Lipinski definition) is 5. The number of benzene rings is 3. The van der Waals surface area contributed by atoms with Crippen LogP contribution in [0, 0.1) is 6.92 Å². The van der Waals surface area contributed by atoms with Crippen LogP contribution < -0.4 is 0 Å². The number of nitrogens with zero attached hydrogens (tertiary/aromatic N) is 2. The Kier molecular flexibility index (Phi) is 8.24. The molecule has 5 rings (SSSR count). The molecule has 0 spiro atoms. The third kappa shape index (κ3) is 5.99. The molecule has 0 bridgehead atoms. The van der Waals surface area contributed by atoms with E-state index in [1.165, 1.54) is 4.31 Å². The molecule has 1 aliphatic heterocycles. The van der Waals surface area contributed by atoms with Crippen molar-refractivity contribution in [2.45, 2.75) is 43.9 Å². The minimum atomic E-state index is -3.98. The molecular formula is C30H32N2O4S2. The first-order valence-electron chi connectivity index (χ1n) is 12.9. The minimum absolute atomic E-state index is 0.147. The molecule has 4 aromatic rings. The fourth-order valence-electron chi connectivity index (χ4n) is 4.85. The van der Waals surface area contributed by atoms with Crippen LogP contribution >= 0.6 is 11.3 Å². The van der Waals surface area contributed by atoms with Crippen LogP contribution in [0.4, 0.5) is 0 Å². The Balaban J connectivity index is 1.47. The fraction of sp³-hybridized carbons (Fsp3) is 0.300. The van der Waals surface area contributed by atoms with Crippen LogP contribution in [0.1, 0.15) is 28.8 Å². The molecule has 1 aliphatic rings. The lowest BCUT2D eigenvalue weighted by Gasteiger charge is -2.29. The Hall–Kier alpha value is -3.04. The summed E-state index contributed by atoms with van der Waals surface area (Å²) in [5, 5.41) is 3.51. The largest absolute Gasteiger partial charge is 0.377 e. The summed E-state index contributed by atoms with van der Waals surface area (Å²) in [4.78, 5) is 17.0. The molecular weight excluding hydrogens is 516 g/mol. The summed E-state index contributed by atoms with van der Waals surface area (Å²) in [6, 6.07) is 24.6. The molecule has 0 radical (unpaired) electrons. The monoisotopic (exact) mass is 548 g/mol. The number of aryl methyl sites for hydroxylation is 1. The van der Waals surface area contributed by atoms with E-state index in [1.807, 2.05) is 79.0 Å². The number of thiophene rings is 1. The van der Waals surface area contributed by atoms with Crippen molar-refractivity contribution in [2.24, 2.45) is 0 Å². The van der Waals surface area contributed by atoms with E-state index in [0.29, 0.717) is 25.1 Å². The SMILES string of the molecule is Cc1ccsc1CN(Cc1ccccc1)C(=O)CN(CC1CCCO1)S(=O)(=O)c1cccc2ccccc12. The van der Waals surface area contributed by atoms with Gasteiger partial charge in [-0.05, 0) is 53.8 Å². The number of carbonyl (C=O) groups is 1. The van der Waals surface area contributed by atoms with Crippen LogP contribution in [0.2, 0.25) is 0 Å². The number of sulfonamides is 1. The Morgan fingerprint density at radius 3 is 2.47 bits per heavy atom. The quantitative estimate of drug-likeness (QED) is 0.258. The van der Waals surface area contributed by atoms with Crippen LogP contribution in [0.5, 0.6) is 0 Å². The highest BCUT2D eigenvalue weighted by Gasteiger charge is 2.33. The molecule has 38 heavy (non-hydrogen) atoms. The van der Waals surface area contributed by atoms with Gasteiger partial charge in [0, 0.05) is 30.0 Å². The molecule has 1 atom stereocenters. The Bertz CT molecular complexity index is 1490. The molecule has 6 nitrogen and oxygen atoms in total. The van der Waals surface area contributed by atoms with Gasteiger partial charge in [0.2, 0.25) is 15.9 Å². The van der Waals surface area contributed by atoms with Gasteiger partial charge in [-0.1, -0.05) is 66.7 Å². The van der Waals surface area contributed by atoms with Gasteiger partial charge in [-0.25, -0.2) is 8.42 Å². The van der Waals surface area contributed by atoms with Crippen molar-refractivity contribution >= 4 is 38.0 Å². The zero-order chi connectivity index (χ0) is 26.5. The van der Waals surface area contributed by atoms with Crippen molar-refractivity contribution in [3.63, 3.8) is 0 Å². The normalized spacial score (nSPS) is 15.8. The highest BCUT2D eigenvalue weighted by atomic mass is 32.2. The maximum Gasteiger partial charge on any atom is 0.244 e. The third-order valence-corrected chi connectivity index (χ3v) is 9.86. The standard InChI is InChI=1S/C30H32N2O4S2/c1-23-16-18-37-28(23)21-31(19-24-9-3-2-4-10-24)30(33)22-32(20-26-13-8-17-36-26)38(34,35)29-15-7-12-25-11-5-6-14-27(25)29/h2-7,9-12,14-16,18,26H,8,13,17,19-22H2,1H3. The van der Waals surface area contributed by atoms with Crippen molar-refractivity contribution in [3.8, 4) is 0 Å². The predicted octanol–water partition coefficient (Wildman–Crippen LogP) is 5.61. The van der Waals surface area contributed by atoms with Crippen molar-refractivity contribution in [1.29, 1.82) is 0 Å². The first-order chi connectivity index (χ1) is 18.4. The van der Waals surface area contributed by atoms with Crippen LogP contribution in [-0.4, -0.2) is 49.3 Å². The number of carbonyl (C=O) groups excluding carboxylic acids is 1. The average Bonchev–Trinajstić information content (AvgIpc) is 3.59. The second-order valence-electron chi connectivity index (χ2n) is 9.67. The molecule has 1 saturated heterocycles. The Morgan fingerprint density at radius 1 is 0.974 bits per heavy atom. The summed E-state index contributed by atoms with van der Waals surface area (Å²) in [7, 11) is -3.98. The fourth-order valence-corrected chi connectivity index (χ4v) is 7.41. The summed E-state index contributed by atoms with van der Waals surface area (Å²) < 4.78 is 35.4. The van der Waals surface area contributed by atoms with Gasteiger partial charge < -0.3 is 9.64 Å². The van der Waals surface area contributed by atoms with Gasteiger partial charge >= 0.3 is 0 Å². The summed E-state index contributed by atoms with van der Waals surface area (Å²) in [6.45, 7) is 3.37. The summed E-state index contributed by atoms with van der Waals surface area (Å²) in [5.41, 5.74) is 2.12. The zero-order valence-electron chi connectivity index (χ0n) is 21.5. The molecule has 8 heteroatoms. The maximum absolute atomic E-state index is 14.1. The number of fused-ring (bicyclic) bond motifs is 1. The van der Waals surface area contributed by atoms with E-state index in [-0.39, 0.29) is 30.0 Å². The van der Waals surface area contributed by atoms with E-state index < -0.39 is 10.0 Å². The van der Waals surface area contributed by atoms with Gasteiger partial charge in [0.05, 0.1) is 24.1 Å². The lowest BCUT2D eigenvalue weighted by Crippen LogP contribution is -2.45. The Morgan fingerprint density at radius 2 is 1.74 bits per heavy atom. The molecule has 3 aromatic carbocycles. The van der Waals surface area contributed by atoms with Crippen LogP contribution in [-0.2, 0) is 32.6 Å². The van der Waals surface area contributed by atoms with Gasteiger partial charge in [-0.2, -0.15) is 4.31 Å². The number of amides is 1. The van der Waals surface area contributed by atoms with E-state index >= 15 is 0 Å². The van der Waals surface area contributed by atoms with Crippen LogP contribution in [0.25, 0.3) is 10.8 Å². The van der Waals surface area contributed by atoms with E-state index in [9.17, 15) is 13.2 Å². The van der Waals surface area contributed by atoms with Gasteiger partial charge in [-0.15, -0.1) is 11.3 Å². The predicted molar refractivity (Wildman–Crippen MR) is 151 cm³/mol. The molecule has 198 valence electrons. The number of hydrogen-bond donors (Lipinski definition) is 0. The molecule has 1 amide bonds. The molecule has 0 N–H and O–H groups in total. The van der Waals surface area contributed by atoms with Gasteiger partial charge in [0.15, 0.2) is 0 Å². The smallest absolute Gasteiger partial charge is 0.244 e. The number of rotatable bonds is 10. The topological polar surface area (TPSA) is 66.9 Å². The van der Waals surface area contributed by atoms with Crippen LogP contribution in [0.3, 0.4) is 0 Å². The first-order valence-corrected chi connectivity index (χ1v) is 15.2. The summed E-state index contributed by atoms with van der Waals surface area (Å²) >= 11 is 1.61. The van der Waals surface area contributed by atoms with E-state index in [1.54, 1.807) is 28.4 Å². The number of ether oxygens (including phenoxy) is 1. The van der Waals surface area contributed by atoms with E-state index in [4.69, 9.17) is 4.74 Å². The first kappa shape index (κ1) is 26.6. The van der Waals surface area contributed by atoms with Gasteiger partial charge in [0.25, 0.3) is 0 Å². The highest BCUT2D eigenvalue weighted by molar-refractivity contribution is 7.89. The van der Waals surface area contributed by atoms with Crippen molar-refractivity contribution in [1.82, 2.24) is 9.21 Å². The molecule has 1 unspecified atom stereocenters. The third-order valence-electron chi connectivity index (χ3n) is 6.98. The maximum atomic E-state index is 14.1. The molecule has 0 saturated carbocycles. The van der Waals surface area contributed by atoms with Gasteiger partial charge in [0.1, 0.15) is 0 Å². The Labute approximate surface area is 228 Å². The van der Waals surface area contributed by atoms with Crippen molar-refractivity contribution in [2.75, 3.05) is 19.7 Å². The summed E-state index contributed by atoms with van der Waals surface area (Å²) in [5.74, 6) is -0.233. The van der Waals surface area contributed by atoms with Crippen molar-refractivity contribution in [3.05, 3.63) is 100 Å². The molecule has 1 fully saturated rings. The lowest BCUT2D eigenvalue weighted by molar-refractivity contribution is -0.132. The van der Waals surface area contributed by atoms with Crippen LogP contribution in [0.15, 0.2) is 89.1 Å². The lowest BCUT2D eigenvalue weighted by atomic mass is 10.1. The minimum Gasteiger partial charge on any atom is -0.377 e. The molecule has 2 heterocycles. The second-order valence-corrected chi connectivity index (χ2v) is 12.6. The second kappa shape index (κ2) is 11.8. The van der Waals surface area contributed by atoms with E-state index in [2.05, 4.69) is 0 Å². The van der Waals surface area contributed by atoms with E-state index in [0.717, 1.165) is 34.2 Å².